The number of rotatable bonds is 5. The molecule has 0 spiro atoms. The third kappa shape index (κ3) is 3.69. The van der Waals surface area contributed by atoms with Crippen molar-refractivity contribution in [2.75, 3.05) is 6.61 Å². The van der Waals surface area contributed by atoms with E-state index in [2.05, 4.69) is 4.52 Å². The van der Waals surface area contributed by atoms with E-state index in [0.717, 1.165) is 0 Å². The van der Waals surface area contributed by atoms with Crippen molar-refractivity contribution in [1.82, 2.24) is 0 Å². The van der Waals surface area contributed by atoms with Crippen molar-refractivity contribution in [1.29, 1.82) is 0 Å². The predicted octanol–water partition coefficient (Wildman–Crippen LogP) is 3.28. The molecule has 20 heavy (non-hydrogen) atoms. The first kappa shape index (κ1) is 15.2. The summed E-state index contributed by atoms with van der Waals surface area (Å²) in [6, 6.07) is 18.1. The highest BCUT2D eigenvalue weighted by Crippen LogP contribution is 2.43. The average Bonchev–Trinajstić information content (AvgIpc) is 2.46. The number of phosphoric acid groups is 1. The minimum absolute atomic E-state index is 0.327. The second kappa shape index (κ2) is 6.08. The number of hydrogen-bond donors (Lipinski definition) is 2. The molecule has 0 heterocycles. The van der Waals surface area contributed by atoms with E-state index in [4.69, 9.17) is 21.4 Å². The summed E-state index contributed by atoms with van der Waals surface area (Å²) in [5.41, 5.74) is 1.42. The Bertz CT molecular complexity index is 558. The van der Waals surface area contributed by atoms with Crippen molar-refractivity contribution in [3.8, 4) is 0 Å². The maximum atomic E-state index is 11.0. The number of alkyl halides is 1. The topological polar surface area (TPSA) is 66.8 Å². The van der Waals surface area contributed by atoms with Gasteiger partial charge in [0, 0.05) is 0 Å². The molecule has 0 saturated heterocycles. The van der Waals surface area contributed by atoms with E-state index in [1.165, 1.54) is 0 Å². The average molecular weight is 313 g/mol. The Morgan fingerprint density at radius 3 is 1.70 bits per heavy atom. The fourth-order valence-corrected chi connectivity index (χ4v) is 2.66. The Morgan fingerprint density at radius 2 is 1.35 bits per heavy atom. The highest BCUT2D eigenvalue weighted by Gasteiger charge is 2.34. The van der Waals surface area contributed by atoms with Crippen molar-refractivity contribution in [3.63, 3.8) is 0 Å². The minimum Gasteiger partial charge on any atom is -0.303 e. The number of phosphoric ester groups is 1. The summed E-state index contributed by atoms with van der Waals surface area (Å²) < 4.78 is 15.6. The summed E-state index contributed by atoms with van der Waals surface area (Å²) in [5, 5.41) is 0. The smallest absolute Gasteiger partial charge is 0.303 e. The van der Waals surface area contributed by atoms with E-state index in [1.807, 2.05) is 36.4 Å². The van der Waals surface area contributed by atoms with Gasteiger partial charge in [-0.3, -0.25) is 4.52 Å². The molecule has 0 aliphatic rings. The zero-order valence-electron chi connectivity index (χ0n) is 10.5. The molecule has 0 fully saturated rings. The fourth-order valence-electron chi connectivity index (χ4n) is 1.91. The molecule has 2 aromatic rings. The van der Waals surface area contributed by atoms with E-state index >= 15 is 0 Å². The van der Waals surface area contributed by atoms with Gasteiger partial charge >= 0.3 is 7.82 Å². The van der Waals surface area contributed by atoms with Crippen LogP contribution in [0.2, 0.25) is 0 Å². The van der Waals surface area contributed by atoms with Gasteiger partial charge in [0.1, 0.15) is 4.87 Å². The lowest BCUT2D eigenvalue weighted by atomic mass is 9.91. The second-order valence-electron chi connectivity index (χ2n) is 4.30. The molecule has 0 atom stereocenters. The molecular formula is C14H14ClO4P. The van der Waals surface area contributed by atoms with Gasteiger partial charge in [-0.25, -0.2) is 4.57 Å². The molecule has 4 nitrogen and oxygen atoms in total. The summed E-state index contributed by atoms with van der Waals surface area (Å²) in [5.74, 6) is 0. The van der Waals surface area contributed by atoms with Gasteiger partial charge in [-0.05, 0) is 11.1 Å². The van der Waals surface area contributed by atoms with Crippen molar-refractivity contribution in [2.45, 2.75) is 4.87 Å². The first-order chi connectivity index (χ1) is 9.42. The molecule has 2 rings (SSSR count). The van der Waals surface area contributed by atoms with Gasteiger partial charge < -0.3 is 9.79 Å². The standard InChI is InChI=1S/C14H14ClO4P/c15-14(11-19-20(16,17)18,12-7-3-1-4-8-12)13-9-5-2-6-10-13/h1-10H,11H2,(H2,16,17,18). The molecule has 2 N–H and O–H groups in total. The van der Waals surface area contributed by atoms with Crippen molar-refractivity contribution in [3.05, 3.63) is 71.8 Å². The molecule has 0 saturated carbocycles. The van der Waals surface area contributed by atoms with Gasteiger partial charge in [0.15, 0.2) is 0 Å². The zero-order valence-corrected chi connectivity index (χ0v) is 12.2. The molecule has 0 radical (unpaired) electrons. The molecule has 0 amide bonds. The first-order valence-electron chi connectivity index (χ1n) is 5.92. The van der Waals surface area contributed by atoms with Gasteiger partial charge in [-0.15, -0.1) is 11.6 Å². The van der Waals surface area contributed by atoms with Crippen LogP contribution in [0.1, 0.15) is 11.1 Å². The van der Waals surface area contributed by atoms with Gasteiger partial charge in [-0.2, -0.15) is 0 Å². The SMILES string of the molecule is O=P(O)(O)OCC(Cl)(c1ccccc1)c1ccccc1. The number of hydrogen-bond acceptors (Lipinski definition) is 2. The summed E-state index contributed by atoms with van der Waals surface area (Å²) in [6.45, 7) is -0.327. The summed E-state index contributed by atoms with van der Waals surface area (Å²) >= 11 is 6.63. The maximum Gasteiger partial charge on any atom is 0.469 e. The largest absolute Gasteiger partial charge is 0.469 e. The van der Waals surface area contributed by atoms with Gasteiger partial charge in [0.25, 0.3) is 0 Å². The highest BCUT2D eigenvalue weighted by molar-refractivity contribution is 7.46. The van der Waals surface area contributed by atoms with Crippen LogP contribution in [0.25, 0.3) is 0 Å². The molecule has 6 heteroatoms. The van der Waals surface area contributed by atoms with Gasteiger partial charge in [0.2, 0.25) is 0 Å². The van der Waals surface area contributed by atoms with Crippen molar-refractivity contribution < 1.29 is 18.9 Å². The van der Waals surface area contributed by atoms with Gasteiger partial charge in [0.05, 0.1) is 6.61 Å². The first-order valence-corrected chi connectivity index (χ1v) is 7.83. The van der Waals surface area contributed by atoms with Crippen LogP contribution in [-0.2, 0) is 14.0 Å². The van der Waals surface area contributed by atoms with E-state index < -0.39 is 12.7 Å². The summed E-state index contributed by atoms with van der Waals surface area (Å²) in [6.07, 6.45) is 0. The molecule has 0 aliphatic heterocycles. The fraction of sp³-hybridized carbons (Fsp3) is 0.143. The normalized spacial score (nSPS) is 12.3. The molecule has 0 bridgehead atoms. The Hall–Kier alpha value is -1.16. The lowest BCUT2D eigenvalue weighted by Crippen LogP contribution is -2.26. The van der Waals surface area contributed by atoms with Crippen LogP contribution in [0.3, 0.4) is 0 Å². The number of halogens is 1. The number of benzene rings is 2. The van der Waals surface area contributed by atoms with Crippen LogP contribution in [0, 0.1) is 0 Å². The Balaban J connectivity index is 2.41. The Morgan fingerprint density at radius 1 is 0.950 bits per heavy atom. The zero-order chi connectivity index (χ0) is 14.6. The van der Waals surface area contributed by atoms with Crippen LogP contribution < -0.4 is 0 Å². The van der Waals surface area contributed by atoms with E-state index in [1.54, 1.807) is 24.3 Å². The third-order valence-electron chi connectivity index (χ3n) is 2.89. The molecule has 0 aromatic heterocycles. The summed E-state index contributed by atoms with van der Waals surface area (Å²) in [7, 11) is -4.59. The Labute approximate surface area is 122 Å². The minimum atomic E-state index is -4.59. The molecular weight excluding hydrogens is 299 g/mol. The van der Waals surface area contributed by atoms with E-state index in [0.29, 0.717) is 11.1 Å². The van der Waals surface area contributed by atoms with Crippen LogP contribution in [-0.4, -0.2) is 16.4 Å². The Kier molecular flexibility index (Phi) is 4.63. The predicted molar refractivity (Wildman–Crippen MR) is 77.5 cm³/mol. The monoisotopic (exact) mass is 312 g/mol. The maximum absolute atomic E-state index is 11.0. The van der Waals surface area contributed by atoms with Crippen molar-refractivity contribution in [2.24, 2.45) is 0 Å². The lowest BCUT2D eigenvalue weighted by Gasteiger charge is -2.28. The van der Waals surface area contributed by atoms with Crippen LogP contribution in [0.15, 0.2) is 60.7 Å². The van der Waals surface area contributed by atoms with Crippen LogP contribution in [0.5, 0.6) is 0 Å². The van der Waals surface area contributed by atoms with E-state index in [9.17, 15) is 4.57 Å². The van der Waals surface area contributed by atoms with Gasteiger partial charge in [-0.1, -0.05) is 60.7 Å². The van der Waals surface area contributed by atoms with E-state index in [-0.39, 0.29) is 6.61 Å². The molecule has 106 valence electrons. The highest BCUT2D eigenvalue weighted by atomic mass is 35.5. The molecule has 0 aliphatic carbocycles. The third-order valence-corrected chi connectivity index (χ3v) is 3.91. The van der Waals surface area contributed by atoms with Crippen LogP contribution in [0.4, 0.5) is 0 Å². The second-order valence-corrected chi connectivity index (χ2v) is 6.18. The van der Waals surface area contributed by atoms with Crippen LogP contribution >= 0.6 is 19.4 Å². The van der Waals surface area contributed by atoms with Crippen molar-refractivity contribution >= 4 is 19.4 Å². The quantitative estimate of drug-likeness (QED) is 0.657. The lowest BCUT2D eigenvalue weighted by molar-refractivity contribution is 0.184. The summed E-state index contributed by atoms with van der Waals surface area (Å²) in [4.78, 5) is 16.7. The molecule has 0 unspecified atom stereocenters. The molecule has 2 aromatic carbocycles.